The SMILES string of the molecule is COC(=O)c1sc(-c2ccccc2F)c(-c2ccc(SC)cc2)c1CBr. The molecule has 1 aromatic heterocycles. The first-order valence-corrected chi connectivity index (χ1v) is 11.0. The van der Waals surface area contributed by atoms with Gasteiger partial charge < -0.3 is 4.74 Å². The Morgan fingerprint density at radius 3 is 2.46 bits per heavy atom. The van der Waals surface area contributed by atoms with E-state index in [2.05, 4.69) is 15.9 Å². The fraction of sp³-hybridized carbons (Fsp3) is 0.150. The topological polar surface area (TPSA) is 26.3 Å². The normalized spacial score (nSPS) is 10.8. The number of halogens is 2. The van der Waals surface area contributed by atoms with Gasteiger partial charge in [0.15, 0.2) is 0 Å². The maximum Gasteiger partial charge on any atom is 0.348 e. The summed E-state index contributed by atoms with van der Waals surface area (Å²) in [6.45, 7) is 0. The van der Waals surface area contributed by atoms with Gasteiger partial charge in [0.2, 0.25) is 0 Å². The van der Waals surface area contributed by atoms with Crippen LogP contribution < -0.4 is 0 Å². The molecule has 0 aliphatic heterocycles. The number of carbonyl (C=O) groups is 1. The second kappa shape index (κ2) is 8.37. The van der Waals surface area contributed by atoms with E-state index in [0.29, 0.717) is 15.8 Å². The van der Waals surface area contributed by atoms with Gasteiger partial charge in [-0.3, -0.25) is 0 Å². The third kappa shape index (κ3) is 3.59. The van der Waals surface area contributed by atoms with Gasteiger partial charge in [-0.15, -0.1) is 23.1 Å². The fourth-order valence-electron chi connectivity index (χ4n) is 2.75. The minimum Gasteiger partial charge on any atom is -0.465 e. The van der Waals surface area contributed by atoms with E-state index in [1.165, 1.54) is 24.5 Å². The summed E-state index contributed by atoms with van der Waals surface area (Å²) in [6, 6.07) is 14.7. The van der Waals surface area contributed by atoms with Gasteiger partial charge in [0, 0.05) is 26.2 Å². The Labute approximate surface area is 168 Å². The predicted molar refractivity (Wildman–Crippen MR) is 111 cm³/mol. The Morgan fingerprint density at radius 1 is 1.19 bits per heavy atom. The van der Waals surface area contributed by atoms with Gasteiger partial charge in [-0.1, -0.05) is 46.3 Å². The Kier molecular flexibility index (Phi) is 6.16. The molecule has 0 unspecified atom stereocenters. The van der Waals surface area contributed by atoms with Crippen molar-refractivity contribution < 1.29 is 13.9 Å². The van der Waals surface area contributed by atoms with Crippen LogP contribution in [-0.4, -0.2) is 19.3 Å². The Bertz CT molecular complexity index is 935. The molecule has 0 N–H and O–H groups in total. The third-order valence-corrected chi connectivity index (χ3v) is 6.56. The molecule has 0 amide bonds. The molecule has 134 valence electrons. The molecule has 6 heteroatoms. The molecule has 3 aromatic rings. The summed E-state index contributed by atoms with van der Waals surface area (Å²) in [5.74, 6) is -0.720. The smallest absolute Gasteiger partial charge is 0.348 e. The first-order valence-electron chi connectivity index (χ1n) is 7.80. The van der Waals surface area contributed by atoms with Gasteiger partial charge in [0.1, 0.15) is 10.7 Å². The first-order chi connectivity index (χ1) is 12.6. The molecule has 0 saturated carbocycles. The number of thioether (sulfide) groups is 1. The molecule has 0 fully saturated rings. The molecule has 0 aliphatic carbocycles. The van der Waals surface area contributed by atoms with Crippen LogP contribution in [0.4, 0.5) is 4.39 Å². The van der Waals surface area contributed by atoms with Crippen molar-refractivity contribution in [3.8, 4) is 21.6 Å². The zero-order valence-corrected chi connectivity index (χ0v) is 17.4. The lowest BCUT2D eigenvalue weighted by Gasteiger charge is -2.09. The summed E-state index contributed by atoms with van der Waals surface area (Å²) in [5.41, 5.74) is 3.11. The molecule has 2 aromatic carbocycles. The predicted octanol–water partition coefficient (Wildman–Crippen LogP) is 6.62. The number of carbonyl (C=O) groups excluding carboxylic acids is 1. The lowest BCUT2D eigenvalue weighted by Crippen LogP contribution is -2.01. The van der Waals surface area contributed by atoms with Crippen molar-refractivity contribution in [1.82, 2.24) is 0 Å². The van der Waals surface area contributed by atoms with Crippen LogP contribution in [-0.2, 0) is 10.1 Å². The summed E-state index contributed by atoms with van der Waals surface area (Å²) < 4.78 is 19.4. The number of hydrogen-bond acceptors (Lipinski definition) is 4. The first kappa shape index (κ1) is 19.1. The Hall–Kier alpha value is -1.63. The van der Waals surface area contributed by atoms with Crippen molar-refractivity contribution in [2.45, 2.75) is 10.2 Å². The van der Waals surface area contributed by atoms with Gasteiger partial charge in [0.05, 0.1) is 7.11 Å². The summed E-state index contributed by atoms with van der Waals surface area (Å²) in [4.78, 5) is 14.6. The maximum absolute atomic E-state index is 14.5. The minimum absolute atomic E-state index is 0.312. The van der Waals surface area contributed by atoms with Crippen LogP contribution in [0.5, 0.6) is 0 Å². The zero-order chi connectivity index (χ0) is 18.7. The molecule has 26 heavy (non-hydrogen) atoms. The van der Waals surface area contributed by atoms with E-state index >= 15 is 0 Å². The van der Waals surface area contributed by atoms with E-state index < -0.39 is 5.97 Å². The molecule has 1 heterocycles. The van der Waals surface area contributed by atoms with E-state index in [-0.39, 0.29) is 5.82 Å². The number of alkyl halides is 1. The van der Waals surface area contributed by atoms with Gasteiger partial charge in [-0.2, -0.15) is 0 Å². The van der Waals surface area contributed by atoms with Crippen molar-refractivity contribution in [3.63, 3.8) is 0 Å². The quantitative estimate of drug-likeness (QED) is 0.248. The summed E-state index contributed by atoms with van der Waals surface area (Å²) >= 11 is 6.41. The number of hydrogen-bond donors (Lipinski definition) is 0. The van der Waals surface area contributed by atoms with Crippen molar-refractivity contribution in [3.05, 3.63) is 64.8 Å². The molecule has 2 nitrogen and oxygen atoms in total. The minimum atomic E-state index is -0.408. The van der Waals surface area contributed by atoms with Gasteiger partial charge in [-0.05, 0) is 35.6 Å². The molecular formula is C20H16BrFO2S2. The van der Waals surface area contributed by atoms with Crippen molar-refractivity contribution >= 4 is 45.0 Å². The summed E-state index contributed by atoms with van der Waals surface area (Å²) in [6.07, 6.45) is 2.02. The zero-order valence-electron chi connectivity index (χ0n) is 14.2. The second-order valence-corrected chi connectivity index (χ2v) is 7.91. The lowest BCUT2D eigenvalue weighted by molar-refractivity contribution is 0.0605. The number of rotatable bonds is 5. The highest BCUT2D eigenvalue weighted by atomic mass is 79.9. The molecule has 0 saturated heterocycles. The third-order valence-electron chi connectivity index (χ3n) is 4.01. The average molecular weight is 451 g/mol. The fourth-order valence-corrected chi connectivity index (χ4v) is 5.19. The van der Waals surface area contributed by atoms with Crippen LogP contribution in [0.2, 0.25) is 0 Å². The molecule has 0 spiro atoms. The van der Waals surface area contributed by atoms with E-state index in [4.69, 9.17) is 4.74 Å². The van der Waals surface area contributed by atoms with E-state index in [1.807, 2.05) is 30.5 Å². The van der Waals surface area contributed by atoms with Crippen LogP contribution >= 0.6 is 39.0 Å². The molecule has 0 atom stereocenters. The second-order valence-electron chi connectivity index (χ2n) is 5.45. The maximum atomic E-state index is 14.5. The molecule has 0 bridgehead atoms. The largest absolute Gasteiger partial charge is 0.465 e. The summed E-state index contributed by atoms with van der Waals surface area (Å²) in [7, 11) is 1.36. The van der Waals surface area contributed by atoms with Gasteiger partial charge in [0.25, 0.3) is 0 Å². The lowest BCUT2D eigenvalue weighted by atomic mass is 9.98. The highest BCUT2D eigenvalue weighted by molar-refractivity contribution is 9.08. The van der Waals surface area contributed by atoms with Crippen molar-refractivity contribution in [1.29, 1.82) is 0 Å². The molecule has 3 rings (SSSR count). The number of methoxy groups -OCH3 is 1. The number of ether oxygens (including phenoxy) is 1. The Morgan fingerprint density at radius 2 is 1.88 bits per heavy atom. The van der Waals surface area contributed by atoms with Crippen LogP contribution in [0, 0.1) is 5.82 Å². The average Bonchev–Trinajstić information content (AvgIpc) is 3.07. The van der Waals surface area contributed by atoms with Gasteiger partial charge in [-0.25, -0.2) is 9.18 Å². The molecule has 0 aliphatic rings. The van der Waals surface area contributed by atoms with Crippen LogP contribution in [0.25, 0.3) is 21.6 Å². The summed E-state index contributed by atoms with van der Waals surface area (Å²) in [5, 5.41) is 0.474. The number of benzene rings is 2. The monoisotopic (exact) mass is 450 g/mol. The number of thiophene rings is 1. The Balaban J connectivity index is 2.30. The van der Waals surface area contributed by atoms with E-state index in [0.717, 1.165) is 26.5 Å². The van der Waals surface area contributed by atoms with Crippen LogP contribution in [0.1, 0.15) is 15.2 Å². The highest BCUT2D eigenvalue weighted by Gasteiger charge is 2.25. The van der Waals surface area contributed by atoms with Crippen LogP contribution in [0.15, 0.2) is 53.4 Å². The number of esters is 1. The standard InChI is InChI=1S/C20H16BrFO2S2/c1-24-20(23)19-15(11-21)17(12-7-9-13(25-2)10-8-12)18(26-19)14-5-3-4-6-16(14)22/h3-10H,11H2,1-2H3. The van der Waals surface area contributed by atoms with Crippen molar-refractivity contribution in [2.75, 3.05) is 13.4 Å². The van der Waals surface area contributed by atoms with Crippen LogP contribution in [0.3, 0.4) is 0 Å². The van der Waals surface area contributed by atoms with E-state index in [9.17, 15) is 9.18 Å². The highest BCUT2D eigenvalue weighted by Crippen LogP contribution is 2.45. The van der Waals surface area contributed by atoms with Crippen molar-refractivity contribution in [2.24, 2.45) is 0 Å². The van der Waals surface area contributed by atoms with E-state index in [1.54, 1.807) is 30.0 Å². The van der Waals surface area contributed by atoms with Gasteiger partial charge >= 0.3 is 5.97 Å². The molecule has 0 radical (unpaired) electrons. The molecular weight excluding hydrogens is 435 g/mol.